The number of fused-ring (bicyclic) bond motifs is 1. The number of H-pyrrole nitrogens is 1. The van der Waals surface area contributed by atoms with Crippen molar-refractivity contribution in [3.63, 3.8) is 0 Å². The number of aromatic amines is 1. The first-order valence-corrected chi connectivity index (χ1v) is 9.19. The van der Waals surface area contributed by atoms with Gasteiger partial charge in [0.05, 0.1) is 34.7 Å². The van der Waals surface area contributed by atoms with Gasteiger partial charge in [0.2, 0.25) is 0 Å². The van der Waals surface area contributed by atoms with Gasteiger partial charge >= 0.3 is 5.69 Å². The highest BCUT2D eigenvalue weighted by Gasteiger charge is 2.50. The average Bonchev–Trinajstić information content (AvgIpc) is 3.35. The number of hydrogen-bond acceptors (Lipinski definition) is 5. The van der Waals surface area contributed by atoms with Crippen LogP contribution in [0.25, 0.3) is 10.9 Å². The van der Waals surface area contributed by atoms with E-state index in [1.165, 1.54) is 23.3 Å². The molecule has 10 heteroatoms. The van der Waals surface area contributed by atoms with Gasteiger partial charge in [-0.3, -0.25) is 14.3 Å². The molecular weight excluding hydrogens is 375 g/mol. The Hall–Kier alpha value is -2.49. The van der Waals surface area contributed by atoms with Gasteiger partial charge in [0, 0.05) is 24.2 Å². The topological polar surface area (TPSA) is 110 Å². The van der Waals surface area contributed by atoms with Gasteiger partial charge in [-0.2, -0.15) is 0 Å². The predicted molar refractivity (Wildman–Crippen MR) is 101 cm³/mol. The van der Waals surface area contributed by atoms with Crippen molar-refractivity contribution in [2.75, 3.05) is 23.7 Å². The minimum absolute atomic E-state index is 0.104. The van der Waals surface area contributed by atoms with Crippen molar-refractivity contribution in [2.45, 2.75) is 44.7 Å². The van der Waals surface area contributed by atoms with Crippen LogP contribution in [0.3, 0.4) is 0 Å². The number of alkyl halides is 2. The van der Waals surface area contributed by atoms with Gasteiger partial charge in [0.15, 0.2) is 5.82 Å². The highest BCUT2D eigenvalue weighted by atomic mass is 19.3. The average molecular weight is 397 g/mol. The number of anilines is 2. The molecule has 152 valence electrons. The second kappa shape index (κ2) is 6.00. The fourth-order valence-electron chi connectivity index (χ4n) is 4.27. The van der Waals surface area contributed by atoms with E-state index in [0.29, 0.717) is 0 Å². The molecule has 28 heavy (non-hydrogen) atoms. The van der Waals surface area contributed by atoms with E-state index < -0.39 is 47.2 Å². The Bertz CT molecular complexity index is 1090. The lowest BCUT2D eigenvalue weighted by atomic mass is 9.98. The van der Waals surface area contributed by atoms with E-state index in [-0.39, 0.29) is 34.7 Å². The minimum atomic E-state index is -3.10. The van der Waals surface area contributed by atoms with Crippen molar-refractivity contribution in [1.29, 1.82) is 0 Å². The Balaban J connectivity index is 2.00. The van der Waals surface area contributed by atoms with E-state index in [1.54, 1.807) is 0 Å². The molecule has 1 aliphatic heterocycles. The molecule has 0 radical (unpaired) electrons. The van der Waals surface area contributed by atoms with E-state index in [1.807, 2.05) is 0 Å². The Labute approximate surface area is 158 Å². The zero-order valence-electron chi connectivity index (χ0n) is 15.6. The second-order valence-corrected chi connectivity index (χ2v) is 7.89. The lowest BCUT2D eigenvalue weighted by Gasteiger charge is -2.24. The number of nitrogen functional groups attached to an aromatic ring is 1. The summed E-state index contributed by atoms with van der Waals surface area (Å²) in [5.74, 6) is -5.17. The summed E-state index contributed by atoms with van der Waals surface area (Å²) in [4.78, 5) is 28.1. The summed E-state index contributed by atoms with van der Waals surface area (Å²) in [5.41, 5.74) is 10.1. The Morgan fingerprint density at radius 3 is 2.46 bits per heavy atom. The summed E-state index contributed by atoms with van der Waals surface area (Å²) in [6, 6.07) is -0.909. The van der Waals surface area contributed by atoms with Crippen LogP contribution in [0, 0.1) is 18.7 Å². The third-order valence-corrected chi connectivity index (χ3v) is 5.79. The molecule has 7 nitrogen and oxygen atoms in total. The van der Waals surface area contributed by atoms with Crippen LogP contribution in [-0.4, -0.2) is 34.6 Å². The largest absolute Gasteiger partial charge is 0.396 e. The molecule has 2 aliphatic rings. The van der Waals surface area contributed by atoms with E-state index in [4.69, 9.17) is 11.5 Å². The summed E-state index contributed by atoms with van der Waals surface area (Å²) in [7, 11) is 0. The predicted octanol–water partition coefficient (Wildman–Crippen LogP) is 1.47. The molecule has 2 atom stereocenters. The van der Waals surface area contributed by atoms with Gasteiger partial charge in [0.25, 0.3) is 11.5 Å². The number of rotatable bonds is 3. The van der Waals surface area contributed by atoms with E-state index in [2.05, 4.69) is 4.98 Å². The van der Waals surface area contributed by atoms with Gasteiger partial charge in [0.1, 0.15) is 0 Å². The molecule has 4 rings (SSSR count). The third kappa shape index (κ3) is 2.61. The minimum Gasteiger partial charge on any atom is -0.396 e. The maximum absolute atomic E-state index is 15.2. The summed E-state index contributed by atoms with van der Waals surface area (Å²) in [6.07, 6.45) is 1.48. The molecule has 1 aliphatic carbocycles. The molecule has 1 saturated carbocycles. The Kier molecular flexibility index (Phi) is 4.04. The van der Waals surface area contributed by atoms with Crippen LogP contribution in [0.5, 0.6) is 0 Å². The van der Waals surface area contributed by atoms with E-state index in [9.17, 15) is 18.4 Å². The molecular formula is C18H22F3N5O2. The van der Waals surface area contributed by atoms with Crippen LogP contribution in [-0.2, 0) is 0 Å². The van der Waals surface area contributed by atoms with Crippen LogP contribution in [0.15, 0.2) is 9.59 Å². The number of halogens is 3. The van der Waals surface area contributed by atoms with Crippen molar-refractivity contribution in [3.8, 4) is 0 Å². The van der Waals surface area contributed by atoms with Crippen LogP contribution in [0.1, 0.15) is 31.4 Å². The summed E-state index contributed by atoms with van der Waals surface area (Å²) in [5, 5.41) is -0.125. The molecule has 1 aromatic carbocycles. The number of aromatic nitrogens is 2. The Morgan fingerprint density at radius 1 is 1.29 bits per heavy atom. The second-order valence-electron chi connectivity index (χ2n) is 7.89. The van der Waals surface area contributed by atoms with Gasteiger partial charge in [-0.05, 0) is 26.7 Å². The molecule has 2 aromatic rings. The molecule has 5 N–H and O–H groups in total. The lowest BCUT2D eigenvalue weighted by molar-refractivity contribution is -0.0273. The van der Waals surface area contributed by atoms with Crippen molar-refractivity contribution in [2.24, 2.45) is 11.7 Å². The smallest absolute Gasteiger partial charge is 0.329 e. The monoisotopic (exact) mass is 397 g/mol. The molecule has 2 heterocycles. The number of aryl methyl sites for hydroxylation is 1. The van der Waals surface area contributed by atoms with Crippen molar-refractivity contribution >= 4 is 22.3 Å². The van der Waals surface area contributed by atoms with E-state index in [0.717, 1.165) is 12.8 Å². The number of benzene rings is 1. The molecule has 2 fully saturated rings. The number of hydrogen-bond donors (Lipinski definition) is 3. The maximum atomic E-state index is 15.2. The molecule has 1 aromatic heterocycles. The van der Waals surface area contributed by atoms with Crippen molar-refractivity contribution in [3.05, 3.63) is 32.2 Å². The first-order valence-electron chi connectivity index (χ1n) is 9.19. The van der Waals surface area contributed by atoms with Crippen LogP contribution < -0.4 is 27.6 Å². The molecule has 0 amide bonds. The van der Waals surface area contributed by atoms with Gasteiger partial charge < -0.3 is 16.4 Å². The quantitative estimate of drug-likeness (QED) is 0.680. The molecule has 2 unspecified atom stereocenters. The normalized spacial score (nSPS) is 22.8. The molecule has 0 spiro atoms. The fourth-order valence-corrected chi connectivity index (χ4v) is 4.27. The van der Waals surface area contributed by atoms with Crippen LogP contribution >= 0.6 is 0 Å². The number of nitrogens with zero attached hydrogens (tertiary/aromatic N) is 2. The zero-order valence-corrected chi connectivity index (χ0v) is 15.6. The highest BCUT2D eigenvalue weighted by Crippen LogP contribution is 2.44. The molecule has 1 saturated heterocycles. The van der Waals surface area contributed by atoms with Gasteiger partial charge in [-0.25, -0.2) is 18.0 Å². The zero-order chi connectivity index (χ0) is 20.5. The van der Waals surface area contributed by atoms with Crippen LogP contribution in [0.2, 0.25) is 0 Å². The lowest BCUT2D eigenvalue weighted by Crippen LogP contribution is -2.39. The summed E-state index contributed by atoms with van der Waals surface area (Å²) < 4.78 is 45.4. The summed E-state index contributed by atoms with van der Waals surface area (Å²) in [6.45, 7) is 2.16. The highest BCUT2D eigenvalue weighted by molar-refractivity contribution is 5.97. The van der Waals surface area contributed by atoms with Gasteiger partial charge in [-0.1, -0.05) is 0 Å². The van der Waals surface area contributed by atoms with E-state index >= 15 is 4.39 Å². The van der Waals surface area contributed by atoms with Gasteiger partial charge in [-0.15, -0.1) is 0 Å². The first-order chi connectivity index (χ1) is 13.0. The third-order valence-electron chi connectivity index (χ3n) is 5.79. The standard InChI is InChI=1S/C18H22F3N5O2/c1-7-14-11(16(27)24-17(28)26(14)9-3-4-9)13(23)12(19)15(7)25-5-10(8(2)22)18(20,21)6-25/h8-10H,3-6,22-23H2,1-2H3,(H,24,27,28). The number of nitrogens with one attached hydrogen (secondary N) is 1. The first kappa shape index (κ1) is 18.9. The molecule has 0 bridgehead atoms. The maximum Gasteiger partial charge on any atom is 0.329 e. The van der Waals surface area contributed by atoms with Crippen LogP contribution in [0.4, 0.5) is 24.5 Å². The van der Waals surface area contributed by atoms with Crippen molar-refractivity contribution in [1.82, 2.24) is 9.55 Å². The van der Waals surface area contributed by atoms with Crippen molar-refractivity contribution < 1.29 is 13.2 Å². The summed E-state index contributed by atoms with van der Waals surface area (Å²) >= 11 is 0. The Morgan fingerprint density at radius 2 is 1.93 bits per heavy atom. The number of nitrogens with two attached hydrogens (primary N) is 2. The fraction of sp³-hybridized carbons (Fsp3) is 0.556. The SMILES string of the molecule is Cc1c(N2CC(C(C)N)C(F)(F)C2)c(F)c(N)c2c(=O)[nH]c(=O)n(C3CC3)c12.